The van der Waals surface area contributed by atoms with Crippen LogP contribution in [0.5, 0.6) is 0 Å². The van der Waals surface area contributed by atoms with Gasteiger partial charge in [0.1, 0.15) is 11.5 Å². The van der Waals surface area contributed by atoms with Crippen molar-refractivity contribution in [3.63, 3.8) is 0 Å². The van der Waals surface area contributed by atoms with Crippen molar-refractivity contribution < 1.29 is 9.21 Å². The molecule has 0 aliphatic carbocycles. The van der Waals surface area contributed by atoms with E-state index in [4.69, 9.17) is 4.42 Å². The molecule has 0 unspecified atom stereocenters. The van der Waals surface area contributed by atoms with Gasteiger partial charge in [-0.15, -0.1) is 0 Å². The van der Waals surface area contributed by atoms with Crippen molar-refractivity contribution in [2.45, 2.75) is 26.5 Å². The van der Waals surface area contributed by atoms with Crippen molar-refractivity contribution in [3.8, 4) is 0 Å². The first-order valence-corrected chi connectivity index (χ1v) is 8.20. The summed E-state index contributed by atoms with van der Waals surface area (Å²) in [5.41, 5.74) is 3.23. The lowest BCUT2D eigenvalue weighted by atomic mass is 10.2. The largest absolute Gasteiger partial charge is 0.466 e. The second-order valence-electron chi connectivity index (χ2n) is 5.12. The average molecular weight is 303 g/mol. The van der Waals surface area contributed by atoms with Gasteiger partial charge in [-0.3, -0.25) is 4.79 Å². The number of thioether (sulfide) groups is 1. The molecule has 1 aromatic heterocycles. The van der Waals surface area contributed by atoms with Crippen LogP contribution in [0.2, 0.25) is 0 Å². The molecular formula is C17H21NO2S. The Morgan fingerprint density at radius 3 is 2.52 bits per heavy atom. The highest BCUT2D eigenvalue weighted by molar-refractivity contribution is 7.98. The second-order valence-corrected chi connectivity index (χ2v) is 6.23. The zero-order chi connectivity index (χ0) is 15.2. The zero-order valence-corrected chi connectivity index (χ0v) is 13.5. The molecule has 2 aromatic rings. The zero-order valence-electron chi connectivity index (χ0n) is 12.7. The van der Waals surface area contributed by atoms with Gasteiger partial charge in [0.05, 0.1) is 5.56 Å². The van der Waals surface area contributed by atoms with Crippen LogP contribution in [0.3, 0.4) is 0 Å². The smallest absolute Gasteiger partial charge is 0.254 e. The first kappa shape index (κ1) is 15.7. The summed E-state index contributed by atoms with van der Waals surface area (Å²) >= 11 is 1.82. The van der Waals surface area contributed by atoms with Gasteiger partial charge in [0.15, 0.2) is 0 Å². The first-order valence-electron chi connectivity index (χ1n) is 7.05. The van der Waals surface area contributed by atoms with Crippen molar-refractivity contribution in [1.82, 2.24) is 5.32 Å². The SMILES string of the molecule is Cc1ccc(CSCCNC(=O)c2cc(C)oc2C)cc1. The maximum absolute atomic E-state index is 12.0. The van der Waals surface area contributed by atoms with E-state index in [9.17, 15) is 4.79 Å². The monoisotopic (exact) mass is 303 g/mol. The highest BCUT2D eigenvalue weighted by Gasteiger charge is 2.12. The molecule has 0 aliphatic heterocycles. The summed E-state index contributed by atoms with van der Waals surface area (Å²) in [5.74, 6) is 3.26. The lowest BCUT2D eigenvalue weighted by Crippen LogP contribution is -2.25. The van der Waals surface area contributed by atoms with Gasteiger partial charge in [-0.25, -0.2) is 0 Å². The molecule has 4 heteroatoms. The minimum atomic E-state index is -0.0553. The molecule has 0 aliphatic rings. The maximum atomic E-state index is 12.0. The van der Waals surface area contributed by atoms with Gasteiger partial charge in [-0.2, -0.15) is 11.8 Å². The van der Waals surface area contributed by atoms with E-state index in [1.54, 1.807) is 6.07 Å². The van der Waals surface area contributed by atoms with Crippen molar-refractivity contribution in [3.05, 3.63) is 58.5 Å². The van der Waals surface area contributed by atoms with E-state index in [0.29, 0.717) is 17.9 Å². The van der Waals surface area contributed by atoms with Gasteiger partial charge in [-0.05, 0) is 32.4 Å². The minimum absolute atomic E-state index is 0.0553. The highest BCUT2D eigenvalue weighted by atomic mass is 32.2. The number of furan rings is 1. The summed E-state index contributed by atoms with van der Waals surface area (Å²) in [6.07, 6.45) is 0. The molecule has 112 valence electrons. The van der Waals surface area contributed by atoms with Gasteiger partial charge >= 0.3 is 0 Å². The third-order valence-corrected chi connectivity index (χ3v) is 4.24. The number of aryl methyl sites for hydroxylation is 3. The van der Waals surface area contributed by atoms with Crippen molar-refractivity contribution >= 4 is 17.7 Å². The Balaban J connectivity index is 1.69. The van der Waals surface area contributed by atoms with Gasteiger partial charge in [0.25, 0.3) is 5.91 Å². The number of carbonyl (C=O) groups is 1. The van der Waals surface area contributed by atoms with Crippen LogP contribution in [0.4, 0.5) is 0 Å². The number of nitrogens with one attached hydrogen (secondary N) is 1. The van der Waals surface area contributed by atoms with E-state index in [1.165, 1.54) is 11.1 Å². The van der Waals surface area contributed by atoms with E-state index >= 15 is 0 Å². The molecule has 0 atom stereocenters. The van der Waals surface area contributed by atoms with Crippen LogP contribution in [0.1, 0.15) is 33.0 Å². The summed E-state index contributed by atoms with van der Waals surface area (Å²) in [6, 6.07) is 10.3. The molecule has 0 spiro atoms. The van der Waals surface area contributed by atoms with Crippen molar-refractivity contribution in [2.24, 2.45) is 0 Å². The van der Waals surface area contributed by atoms with Crippen LogP contribution in [0.15, 0.2) is 34.7 Å². The Morgan fingerprint density at radius 2 is 1.90 bits per heavy atom. The van der Waals surface area contributed by atoms with Gasteiger partial charge in [-0.1, -0.05) is 29.8 Å². The second kappa shape index (κ2) is 7.36. The molecule has 1 aromatic carbocycles. The van der Waals surface area contributed by atoms with E-state index in [-0.39, 0.29) is 5.91 Å². The molecule has 1 N–H and O–H groups in total. The minimum Gasteiger partial charge on any atom is -0.466 e. The van der Waals surface area contributed by atoms with E-state index in [2.05, 4.69) is 36.5 Å². The maximum Gasteiger partial charge on any atom is 0.254 e. The van der Waals surface area contributed by atoms with Crippen LogP contribution < -0.4 is 5.32 Å². The van der Waals surface area contributed by atoms with Crippen molar-refractivity contribution in [2.75, 3.05) is 12.3 Å². The fourth-order valence-electron chi connectivity index (χ4n) is 2.06. The van der Waals surface area contributed by atoms with Crippen LogP contribution >= 0.6 is 11.8 Å². The third-order valence-electron chi connectivity index (χ3n) is 3.21. The van der Waals surface area contributed by atoms with E-state index in [0.717, 1.165) is 17.3 Å². The molecular weight excluding hydrogens is 282 g/mol. The predicted molar refractivity (Wildman–Crippen MR) is 87.9 cm³/mol. The van der Waals surface area contributed by atoms with Crippen LogP contribution in [0.25, 0.3) is 0 Å². The summed E-state index contributed by atoms with van der Waals surface area (Å²) in [4.78, 5) is 12.0. The molecule has 0 saturated carbocycles. The van der Waals surface area contributed by atoms with E-state index < -0.39 is 0 Å². The molecule has 0 radical (unpaired) electrons. The Kier molecular flexibility index (Phi) is 5.51. The first-order chi connectivity index (χ1) is 10.1. The van der Waals surface area contributed by atoms with Crippen LogP contribution in [-0.4, -0.2) is 18.2 Å². The lowest BCUT2D eigenvalue weighted by Gasteiger charge is -2.05. The van der Waals surface area contributed by atoms with Crippen molar-refractivity contribution in [1.29, 1.82) is 0 Å². The molecule has 0 bridgehead atoms. The molecule has 1 heterocycles. The number of benzene rings is 1. The number of carbonyl (C=O) groups excluding carboxylic acids is 1. The Hall–Kier alpha value is -1.68. The number of amides is 1. The highest BCUT2D eigenvalue weighted by Crippen LogP contribution is 2.14. The molecule has 0 saturated heterocycles. The van der Waals surface area contributed by atoms with E-state index in [1.807, 2.05) is 25.6 Å². The summed E-state index contributed by atoms with van der Waals surface area (Å²) < 4.78 is 5.36. The Bertz CT molecular complexity index is 602. The standard InChI is InChI=1S/C17H21NO2S/c1-12-4-6-15(7-5-12)11-21-9-8-18-17(19)16-10-13(2)20-14(16)3/h4-7,10H,8-9,11H2,1-3H3,(H,18,19). The number of rotatable bonds is 6. The Morgan fingerprint density at radius 1 is 1.19 bits per heavy atom. The summed E-state index contributed by atoms with van der Waals surface area (Å²) in [5, 5.41) is 2.93. The molecule has 2 rings (SSSR count). The fraction of sp³-hybridized carbons (Fsp3) is 0.353. The predicted octanol–water partition coefficient (Wildman–Crippen LogP) is 3.87. The van der Waals surface area contributed by atoms with Gasteiger partial charge < -0.3 is 9.73 Å². The average Bonchev–Trinajstić information content (AvgIpc) is 2.79. The fourth-order valence-corrected chi connectivity index (χ4v) is 2.88. The van der Waals surface area contributed by atoms with Crippen LogP contribution in [0, 0.1) is 20.8 Å². The summed E-state index contributed by atoms with van der Waals surface area (Å²) in [7, 11) is 0. The third kappa shape index (κ3) is 4.67. The Labute approximate surface area is 130 Å². The quantitative estimate of drug-likeness (QED) is 0.824. The lowest BCUT2D eigenvalue weighted by molar-refractivity contribution is 0.0954. The molecule has 0 fully saturated rings. The molecule has 21 heavy (non-hydrogen) atoms. The number of hydrogen-bond acceptors (Lipinski definition) is 3. The van der Waals surface area contributed by atoms with Gasteiger partial charge in [0.2, 0.25) is 0 Å². The normalized spacial score (nSPS) is 10.6. The number of hydrogen-bond donors (Lipinski definition) is 1. The topological polar surface area (TPSA) is 42.2 Å². The molecule has 3 nitrogen and oxygen atoms in total. The van der Waals surface area contributed by atoms with Crippen LogP contribution in [-0.2, 0) is 5.75 Å². The summed E-state index contributed by atoms with van der Waals surface area (Å²) in [6.45, 7) is 6.42. The van der Waals surface area contributed by atoms with Gasteiger partial charge in [0, 0.05) is 18.1 Å². The molecule has 1 amide bonds.